The van der Waals surface area contributed by atoms with Crippen molar-refractivity contribution in [2.75, 3.05) is 57.3 Å². The van der Waals surface area contributed by atoms with Crippen LogP contribution in [0.1, 0.15) is 0 Å². The maximum Gasteiger partial charge on any atom is 0.226 e. The molecule has 1 aliphatic heterocycles. The number of hydrogen-bond acceptors (Lipinski definition) is 8. The van der Waals surface area contributed by atoms with Crippen LogP contribution in [0.15, 0.2) is 73.1 Å². The van der Waals surface area contributed by atoms with E-state index < -0.39 is 0 Å². The minimum atomic E-state index is 0.546. The third-order valence-corrected chi connectivity index (χ3v) is 6.33. The Morgan fingerprint density at radius 1 is 0.639 bits per heavy atom. The first-order valence-corrected chi connectivity index (χ1v) is 11.8. The van der Waals surface area contributed by atoms with Crippen molar-refractivity contribution in [3.05, 3.63) is 73.1 Å². The maximum atomic E-state index is 5.58. The fraction of sp³-hybridized carbons (Fsp3) is 0.250. The number of hydrogen-bond donors (Lipinski definition) is 0. The summed E-state index contributed by atoms with van der Waals surface area (Å²) in [6.45, 7) is 3.44. The van der Waals surface area contributed by atoms with Gasteiger partial charge in [-0.3, -0.25) is 4.98 Å². The van der Waals surface area contributed by atoms with Crippen LogP contribution in [-0.2, 0) is 0 Å². The molecule has 3 heterocycles. The average Bonchev–Trinajstić information content (AvgIpc) is 2.97. The van der Waals surface area contributed by atoms with E-state index >= 15 is 0 Å². The number of rotatable bonds is 7. The molecule has 5 rings (SSSR count). The highest BCUT2D eigenvalue weighted by Gasteiger charge is 2.22. The van der Waals surface area contributed by atoms with E-state index in [4.69, 9.17) is 24.2 Å². The predicted molar refractivity (Wildman–Crippen MR) is 141 cm³/mol. The van der Waals surface area contributed by atoms with Gasteiger partial charge >= 0.3 is 0 Å². The van der Waals surface area contributed by atoms with Crippen molar-refractivity contribution in [1.29, 1.82) is 0 Å². The Morgan fingerprint density at radius 3 is 1.81 bits per heavy atom. The first-order chi connectivity index (χ1) is 17.7. The lowest BCUT2D eigenvalue weighted by molar-refractivity contribution is 0.324. The minimum Gasteiger partial charge on any atom is -0.493 e. The molecule has 0 saturated carbocycles. The van der Waals surface area contributed by atoms with E-state index in [0.717, 1.165) is 48.7 Å². The minimum absolute atomic E-state index is 0.546. The second kappa shape index (κ2) is 10.5. The zero-order chi connectivity index (χ0) is 24.9. The van der Waals surface area contributed by atoms with Gasteiger partial charge in [0.25, 0.3) is 0 Å². The summed E-state index contributed by atoms with van der Waals surface area (Å²) in [5, 5.41) is 0. The largest absolute Gasteiger partial charge is 0.493 e. The predicted octanol–water partition coefficient (Wildman–Crippen LogP) is 4.56. The van der Waals surface area contributed by atoms with Crippen LogP contribution < -0.4 is 24.0 Å². The lowest BCUT2D eigenvalue weighted by Gasteiger charge is -2.36. The first-order valence-electron chi connectivity index (χ1n) is 11.8. The summed E-state index contributed by atoms with van der Waals surface area (Å²) in [6.07, 6.45) is 3.55. The number of ether oxygens (including phenoxy) is 3. The maximum absolute atomic E-state index is 5.58. The van der Waals surface area contributed by atoms with Gasteiger partial charge in [-0.1, -0.05) is 18.2 Å². The van der Waals surface area contributed by atoms with Gasteiger partial charge in [0.15, 0.2) is 11.5 Å². The molecule has 0 unspecified atom stereocenters. The summed E-state index contributed by atoms with van der Waals surface area (Å²) in [5.41, 5.74) is 4.67. The van der Waals surface area contributed by atoms with E-state index in [9.17, 15) is 0 Å². The van der Waals surface area contributed by atoms with E-state index in [2.05, 4.69) is 39.0 Å². The standard InChI is InChI=1S/C28H29N5O3/c1-34-25-17-21(18-26(35-2)27(25)36-3)24-19-23(20-9-11-29-12-10-20)30-28(31-24)33-15-13-32(14-16-33)22-7-5-4-6-8-22/h4-12,17-19H,13-16H2,1-3H3. The molecule has 36 heavy (non-hydrogen) atoms. The van der Waals surface area contributed by atoms with Crippen LogP contribution >= 0.6 is 0 Å². The molecule has 1 fully saturated rings. The van der Waals surface area contributed by atoms with E-state index in [1.807, 2.05) is 36.4 Å². The van der Waals surface area contributed by atoms with Gasteiger partial charge in [0.05, 0.1) is 32.7 Å². The van der Waals surface area contributed by atoms with Gasteiger partial charge in [0.1, 0.15) is 0 Å². The SMILES string of the molecule is COc1cc(-c2cc(-c3ccncc3)nc(N3CCN(c4ccccc4)CC3)n2)cc(OC)c1OC. The molecule has 0 amide bonds. The number of piperazine rings is 1. The fourth-order valence-electron chi connectivity index (χ4n) is 4.43. The van der Waals surface area contributed by atoms with Crippen LogP contribution in [0.3, 0.4) is 0 Å². The molecule has 184 valence electrons. The van der Waals surface area contributed by atoms with Crippen LogP contribution in [0.4, 0.5) is 11.6 Å². The lowest BCUT2D eigenvalue weighted by atomic mass is 10.1. The molecule has 1 aliphatic rings. The molecule has 0 spiro atoms. The van der Waals surface area contributed by atoms with Crippen LogP contribution in [0.25, 0.3) is 22.5 Å². The van der Waals surface area contributed by atoms with Crippen LogP contribution in [0, 0.1) is 0 Å². The molecule has 0 N–H and O–H groups in total. The van der Waals surface area contributed by atoms with E-state index in [1.54, 1.807) is 33.7 Å². The molecular weight excluding hydrogens is 454 g/mol. The molecule has 1 saturated heterocycles. The lowest BCUT2D eigenvalue weighted by Crippen LogP contribution is -2.47. The summed E-state index contributed by atoms with van der Waals surface area (Å²) >= 11 is 0. The molecule has 2 aromatic carbocycles. The number of para-hydroxylation sites is 1. The van der Waals surface area contributed by atoms with Crippen LogP contribution in [-0.4, -0.2) is 62.5 Å². The Bertz CT molecular complexity index is 1280. The highest BCUT2D eigenvalue weighted by molar-refractivity contribution is 5.73. The zero-order valence-electron chi connectivity index (χ0n) is 20.7. The van der Waals surface area contributed by atoms with Gasteiger partial charge in [0.2, 0.25) is 11.7 Å². The number of aromatic nitrogens is 3. The molecule has 0 radical (unpaired) electrons. The van der Waals surface area contributed by atoms with Crippen molar-refractivity contribution in [1.82, 2.24) is 15.0 Å². The van der Waals surface area contributed by atoms with Crippen molar-refractivity contribution in [3.8, 4) is 39.8 Å². The van der Waals surface area contributed by atoms with Crippen LogP contribution in [0.5, 0.6) is 17.2 Å². The highest BCUT2D eigenvalue weighted by Crippen LogP contribution is 2.41. The number of anilines is 2. The summed E-state index contributed by atoms with van der Waals surface area (Å²) in [6, 6.07) is 20.2. The van der Waals surface area contributed by atoms with Gasteiger partial charge in [-0.05, 0) is 42.5 Å². The van der Waals surface area contributed by atoms with E-state index in [1.165, 1.54) is 5.69 Å². The second-order valence-electron chi connectivity index (χ2n) is 8.40. The Hall–Kier alpha value is -4.33. The van der Waals surface area contributed by atoms with Crippen molar-refractivity contribution >= 4 is 11.6 Å². The normalized spacial score (nSPS) is 13.4. The highest BCUT2D eigenvalue weighted by atomic mass is 16.5. The molecule has 8 heteroatoms. The Morgan fingerprint density at radius 2 is 1.22 bits per heavy atom. The monoisotopic (exact) mass is 483 g/mol. The second-order valence-corrected chi connectivity index (χ2v) is 8.40. The van der Waals surface area contributed by atoms with E-state index in [0.29, 0.717) is 23.2 Å². The molecule has 4 aromatic rings. The molecule has 8 nitrogen and oxygen atoms in total. The smallest absolute Gasteiger partial charge is 0.226 e. The summed E-state index contributed by atoms with van der Waals surface area (Å²) < 4.78 is 16.7. The number of nitrogens with zero attached hydrogens (tertiary/aromatic N) is 5. The van der Waals surface area contributed by atoms with Crippen molar-refractivity contribution < 1.29 is 14.2 Å². The zero-order valence-corrected chi connectivity index (χ0v) is 20.7. The topological polar surface area (TPSA) is 72.8 Å². The molecule has 0 aliphatic carbocycles. The van der Waals surface area contributed by atoms with Gasteiger partial charge in [0, 0.05) is 55.4 Å². The van der Waals surface area contributed by atoms with Crippen LogP contribution in [0.2, 0.25) is 0 Å². The Kier molecular flexibility index (Phi) is 6.84. The van der Waals surface area contributed by atoms with Crippen molar-refractivity contribution in [2.24, 2.45) is 0 Å². The summed E-state index contributed by atoms with van der Waals surface area (Å²) in [4.78, 5) is 18.7. The Labute approximate surface area is 211 Å². The van der Waals surface area contributed by atoms with Gasteiger partial charge in [-0.15, -0.1) is 0 Å². The summed E-state index contributed by atoms with van der Waals surface area (Å²) in [7, 11) is 4.82. The third kappa shape index (κ3) is 4.75. The van der Waals surface area contributed by atoms with Gasteiger partial charge < -0.3 is 24.0 Å². The van der Waals surface area contributed by atoms with Crippen molar-refractivity contribution in [2.45, 2.75) is 0 Å². The fourth-order valence-corrected chi connectivity index (χ4v) is 4.43. The number of methoxy groups -OCH3 is 3. The Balaban J connectivity index is 1.53. The third-order valence-electron chi connectivity index (χ3n) is 6.33. The number of benzene rings is 2. The van der Waals surface area contributed by atoms with E-state index in [-0.39, 0.29) is 0 Å². The first kappa shape index (κ1) is 23.4. The summed E-state index contributed by atoms with van der Waals surface area (Å²) in [5.74, 6) is 2.40. The number of pyridine rings is 1. The quantitative estimate of drug-likeness (QED) is 0.379. The molecular formula is C28H29N5O3. The van der Waals surface area contributed by atoms with Gasteiger partial charge in [-0.25, -0.2) is 9.97 Å². The molecule has 0 bridgehead atoms. The average molecular weight is 484 g/mol. The van der Waals surface area contributed by atoms with Gasteiger partial charge in [-0.2, -0.15) is 0 Å². The van der Waals surface area contributed by atoms with Crippen molar-refractivity contribution in [3.63, 3.8) is 0 Å². The molecule has 2 aromatic heterocycles. The molecule has 0 atom stereocenters.